The van der Waals surface area contributed by atoms with Gasteiger partial charge in [0, 0.05) is 42.8 Å². The first kappa shape index (κ1) is 20.6. The Morgan fingerprint density at radius 1 is 1.21 bits per heavy atom. The number of nitrogens with zero attached hydrogens (tertiary/aromatic N) is 4. The van der Waals surface area contributed by atoms with Crippen molar-refractivity contribution in [1.29, 1.82) is 0 Å². The van der Waals surface area contributed by atoms with Gasteiger partial charge in [0.25, 0.3) is 0 Å². The largest absolute Gasteiger partial charge is 0.495 e. The van der Waals surface area contributed by atoms with E-state index in [0.29, 0.717) is 28.6 Å². The van der Waals surface area contributed by atoms with E-state index in [9.17, 15) is 14.0 Å². The second-order valence-corrected chi connectivity index (χ2v) is 7.74. The first-order valence-electron chi connectivity index (χ1n) is 10.4. The van der Waals surface area contributed by atoms with Crippen LogP contribution in [0.25, 0.3) is 17.0 Å². The van der Waals surface area contributed by atoms with Crippen LogP contribution in [-0.4, -0.2) is 39.8 Å². The summed E-state index contributed by atoms with van der Waals surface area (Å²) in [6.45, 7) is 0.219. The number of fused-ring (bicyclic) bond motifs is 1. The van der Waals surface area contributed by atoms with Crippen molar-refractivity contribution < 1.29 is 18.7 Å². The third-order valence-corrected chi connectivity index (χ3v) is 5.62. The Morgan fingerprint density at radius 3 is 2.79 bits per heavy atom. The second-order valence-electron chi connectivity index (χ2n) is 7.74. The fraction of sp³-hybridized carbons (Fsp3) is 0.167. The lowest BCUT2D eigenvalue weighted by Gasteiger charge is -2.17. The van der Waals surface area contributed by atoms with Crippen LogP contribution in [0.4, 0.5) is 15.8 Å². The van der Waals surface area contributed by atoms with Crippen LogP contribution in [-0.2, 0) is 9.59 Å². The van der Waals surface area contributed by atoms with Gasteiger partial charge in [-0.15, -0.1) is 0 Å². The van der Waals surface area contributed by atoms with Crippen LogP contribution >= 0.6 is 0 Å². The summed E-state index contributed by atoms with van der Waals surface area (Å²) in [6, 6.07) is 12.9. The zero-order valence-corrected chi connectivity index (χ0v) is 17.7. The Labute approximate surface area is 188 Å². The zero-order chi connectivity index (χ0) is 22.9. The van der Waals surface area contributed by atoms with Gasteiger partial charge in [-0.05, 0) is 48.5 Å². The lowest BCUT2D eigenvalue weighted by molar-refractivity contribution is -0.122. The van der Waals surface area contributed by atoms with Crippen LogP contribution in [0.2, 0.25) is 0 Å². The molecule has 1 fully saturated rings. The molecule has 1 N–H and O–H groups in total. The Morgan fingerprint density at radius 2 is 2.03 bits per heavy atom. The fourth-order valence-electron chi connectivity index (χ4n) is 3.92. The van der Waals surface area contributed by atoms with E-state index in [2.05, 4.69) is 15.3 Å². The molecule has 1 aliphatic rings. The summed E-state index contributed by atoms with van der Waals surface area (Å²) in [5, 5.41) is 2.90. The van der Waals surface area contributed by atoms with E-state index in [0.717, 1.165) is 5.56 Å². The average molecular weight is 445 g/mol. The molecule has 8 nitrogen and oxygen atoms in total. The molecule has 0 bridgehead atoms. The smallest absolute Gasteiger partial charge is 0.234 e. The van der Waals surface area contributed by atoms with E-state index < -0.39 is 5.92 Å². The van der Waals surface area contributed by atoms with E-state index >= 15 is 0 Å². The number of methoxy groups -OCH3 is 1. The van der Waals surface area contributed by atoms with Crippen molar-refractivity contribution in [1.82, 2.24) is 14.4 Å². The molecule has 0 radical (unpaired) electrons. The average Bonchev–Trinajstić information content (AvgIpc) is 3.43. The van der Waals surface area contributed by atoms with Crippen molar-refractivity contribution in [2.24, 2.45) is 5.92 Å². The molecule has 0 aliphatic carbocycles. The normalized spacial score (nSPS) is 15.8. The Hall–Kier alpha value is -4.27. The maximum absolute atomic E-state index is 13.2. The highest BCUT2D eigenvalue weighted by molar-refractivity contribution is 6.04. The molecule has 2 amide bonds. The summed E-state index contributed by atoms with van der Waals surface area (Å²) in [7, 11) is 1.52. The van der Waals surface area contributed by atoms with Gasteiger partial charge in [0.2, 0.25) is 17.6 Å². The van der Waals surface area contributed by atoms with Crippen molar-refractivity contribution in [3.05, 3.63) is 72.9 Å². The monoisotopic (exact) mass is 445 g/mol. The molecular weight excluding hydrogens is 425 g/mol. The van der Waals surface area contributed by atoms with E-state index in [4.69, 9.17) is 4.74 Å². The Balaban J connectivity index is 1.37. The number of carbonyl (C=O) groups excluding carboxylic acids is 2. The maximum atomic E-state index is 13.2. The number of hydrogen-bond donors (Lipinski definition) is 1. The van der Waals surface area contributed by atoms with Crippen molar-refractivity contribution in [3.63, 3.8) is 0 Å². The molecule has 4 aromatic rings. The van der Waals surface area contributed by atoms with Crippen molar-refractivity contribution >= 4 is 29.0 Å². The standard InChI is InChI=1S/C24H20FN5O3/c1-33-21-8-3-15(20-14-29-10-2-9-26-24(29)28-20)11-19(21)27-23(32)16-12-22(31)30(13-16)18-6-4-17(25)5-7-18/h2-11,14,16H,12-13H2,1H3,(H,27,32)/t16-/m0/s1. The SMILES string of the molecule is COc1ccc(-c2cn3cccnc3n2)cc1NC(=O)[C@H]1CC(=O)N(c2ccc(F)cc2)C1. The van der Waals surface area contributed by atoms with Crippen molar-refractivity contribution in [2.75, 3.05) is 23.9 Å². The van der Waals surface area contributed by atoms with Crippen LogP contribution < -0.4 is 15.0 Å². The van der Waals surface area contributed by atoms with Gasteiger partial charge in [-0.1, -0.05) is 0 Å². The first-order valence-corrected chi connectivity index (χ1v) is 10.4. The molecule has 1 aliphatic heterocycles. The number of ether oxygens (including phenoxy) is 1. The number of benzene rings is 2. The minimum absolute atomic E-state index is 0.0727. The quantitative estimate of drug-likeness (QED) is 0.508. The number of amides is 2. The predicted octanol–water partition coefficient (Wildman–Crippen LogP) is 3.54. The van der Waals surface area contributed by atoms with Crippen molar-refractivity contribution in [2.45, 2.75) is 6.42 Å². The number of imidazole rings is 1. The highest BCUT2D eigenvalue weighted by Crippen LogP contribution is 2.32. The molecule has 1 saturated heterocycles. The Bertz CT molecular complexity index is 1320. The van der Waals surface area contributed by atoms with Gasteiger partial charge in [0.1, 0.15) is 11.6 Å². The molecule has 3 heterocycles. The highest BCUT2D eigenvalue weighted by atomic mass is 19.1. The lowest BCUT2D eigenvalue weighted by atomic mass is 10.1. The molecule has 2 aromatic heterocycles. The van der Waals surface area contributed by atoms with Gasteiger partial charge in [0.15, 0.2) is 0 Å². The minimum atomic E-state index is -0.546. The molecule has 2 aromatic carbocycles. The van der Waals surface area contributed by atoms with Crippen LogP contribution in [0, 0.1) is 11.7 Å². The summed E-state index contributed by atoms with van der Waals surface area (Å²) >= 11 is 0. The number of aromatic nitrogens is 3. The summed E-state index contributed by atoms with van der Waals surface area (Å²) in [4.78, 5) is 35.7. The molecule has 0 saturated carbocycles. The van der Waals surface area contributed by atoms with E-state index in [-0.39, 0.29) is 30.6 Å². The molecule has 166 valence electrons. The van der Waals surface area contributed by atoms with Gasteiger partial charge in [-0.2, -0.15) is 0 Å². The topological polar surface area (TPSA) is 88.8 Å². The van der Waals surface area contributed by atoms with E-state index in [1.807, 2.05) is 28.9 Å². The van der Waals surface area contributed by atoms with Crippen LogP contribution in [0.15, 0.2) is 67.1 Å². The first-order chi connectivity index (χ1) is 16.0. The van der Waals surface area contributed by atoms with E-state index in [1.165, 1.54) is 36.3 Å². The third kappa shape index (κ3) is 4.00. The summed E-state index contributed by atoms with van der Waals surface area (Å²) in [6.07, 6.45) is 5.45. The van der Waals surface area contributed by atoms with Gasteiger partial charge in [-0.3, -0.25) is 14.0 Å². The number of halogens is 1. The molecule has 1 atom stereocenters. The van der Waals surface area contributed by atoms with Gasteiger partial charge in [-0.25, -0.2) is 14.4 Å². The summed E-state index contributed by atoms with van der Waals surface area (Å²) < 4.78 is 20.4. The van der Waals surface area contributed by atoms with E-state index in [1.54, 1.807) is 18.3 Å². The molecule has 0 unspecified atom stereocenters. The van der Waals surface area contributed by atoms with Gasteiger partial charge < -0.3 is 15.0 Å². The zero-order valence-electron chi connectivity index (χ0n) is 17.7. The Kier molecular flexibility index (Phi) is 5.21. The number of carbonyl (C=O) groups is 2. The number of hydrogen-bond acceptors (Lipinski definition) is 5. The van der Waals surface area contributed by atoms with Crippen LogP contribution in [0.3, 0.4) is 0 Å². The fourth-order valence-corrected chi connectivity index (χ4v) is 3.92. The molecule has 0 spiro atoms. The maximum Gasteiger partial charge on any atom is 0.234 e. The summed E-state index contributed by atoms with van der Waals surface area (Å²) in [5.41, 5.74) is 2.53. The lowest BCUT2D eigenvalue weighted by Crippen LogP contribution is -2.28. The highest BCUT2D eigenvalue weighted by Gasteiger charge is 2.35. The third-order valence-electron chi connectivity index (χ3n) is 5.62. The van der Waals surface area contributed by atoms with Crippen molar-refractivity contribution in [3.8, 4) is 17.0 Å². The predicted molar refractivity (Wildman–Crippen MR) is 120 cm³/mol. The van der Waals surface area contributed by atoms with Gasteiger partial charge in [0.05, 0.1) is 24.4 Å². The van der Waals surface area contributed by atoms with Gasteiger partial charge >= 0.3 is 0 Å². The van der Waals surface area contributed by atoms with Crippen LogP contribution in [0.1, 0.15) is 6.42 Å². The number of nitrogens with one attached hydrogen (secondary N) is 1. The molecule has 5 rings (SSSR count). The molecular formula is C24H20FN5O3. The number of rotatable bonds is 5. The minimum Gasteiger partial charge on any atom is -0.495 e. The molecule has 33 heavy (non-hydrogen) atoms. The molecule has 9 heteroatoms. The summed E-state index contributed by atoms with van der Waals surface area (Å²) in [5.74, 6) is -0.337. The van der Waals surface area contributed by atoms with Crippen LogP contribution in [0.5, 0.6) is 5.75 Å². The second kappa shape index (κ2) is 8.34. The number of anilines is 2.